The number of benzene rings is 1. The Balaban J connectivity index is 2.20. The molecule has 0 saturated carbocycles. The third-order valence-corrected chi connectivity index (χ3v) is 3.39. The van der Waals surface area contributed by atoms with Crippen molar-refractivity contribution in [2.75, 3.05) is 13.1 Å². The maximum atomic E-state index is 12.4. The van der Waals surface area contributed by atoms with Crippen molar-refractivity contribution >= 4 is 11.6 Å². The van der Waals surface area contributed by atoms with Gasteiger partial charge in [-0.2, -0.15) is 0 Å². The van der Waals surface area contributed by atoms with Gasteiger partial charge in [0.05, 0.1) is 4.92 Å². The van der Waals surface area contributed by atoms with Crippen LogP contribution >= 0.6 is 0 Å². The lowest BCUT2D eigenvalue weighted by Gasteiger charge is -2.39. The highest BCUT2D eigenvalue weighted by Gasteiger charge is 2.29. The van der Waals surface area contributed by atoms with Gasteiger partial charge < -0.3 is 10.2 Å². The van der Waals surface area contributed by atoms with Crippen LogP contribution in [-0.4, -0.2) is 40.9 Å². The first-order valence-electron chi connectivity index (χ1n) is 6.28. The van der Waals surface area contributed by atoms with Gasteiger partial charge in [-0.3, -0.25) is 14.9 Å². The van der Waals surface area contributed by atoms with E-state index in [0.717, 1.165) is 13.1 Å². The van der Waals surface area contributed by atoms with E-state index in [1.807, 2.05) is 18.7 Å². The van der Waals surface area contributed by atoms with Crippen molar-refractivity contribution in [2.45, 2.75) is 25.9 Å². The van der Waals surface area contributed by atoms with Gasteiger partial charge in [-0.1, -0.05) is 0 Å². The van der Waals surface area contributed by atoms with E-state index < -0.39 is 4.92 Å². The molecule has 6 heteroatoms. The number of nitro groups is 1. The maximum Gasteiger partial charge on any atom is 0.269 e. The Morgan fingerprint density at radius 2 is 1.79 bits per heavy atom. The number of hydrogen-bond acceptors (Lipinski definition) is 4. The summed E-state index contributed by atoms with van der Waals surface area (Å²) >= 11 is 0. The Hall–Kier alpha value is -1.95. The average Bonchev–Trinajstić information content (AvgIpc) is 2.38. The number of amides is 1. The predicted molar refractivity (Wildman–Crippen MR) is 71.1 cm³/mol. The molecule has 1 aromatic carbocycles. The van der Waals surface area contributed by atoms with Gasteiger partial charge in [0.2, 0.25) is 0 Å². The molecule has 1 aromatic rings. The molecule has 0 spiro atoms. The number of rotatable bonds is 2. The van der Waals surface area contributed by atoms with E-state index in [4.69, 9.17) is 0 Å². The minimum Gasteiger partial charge on any atom is -0.331 e. The summed E-state index contributed by atoms with van der Waals surface area (Å²) in [5.41, 5.74) is 0.490. The third-order valence-electron chi connectivity index (χ3n) is 3.39. The normalized spacial score (nSPS) is 23.2. The van der Waals surface area contributed by atoms with E-state index in [-0.39, 0.29) is 23.7 Å². The zero-order valence-corrected chi connectivity index (χ0v) is 11.0. The minimum atomic E-state index is -0.468. The smallest absolute Gasteiger partial charge is 0.269 e. The van der Waals surface area contributed by atoms with Gasteiger partial charge in [-0.25, -0.2) is 0 Å². The maximum absolute atomic E-state index is 12.4. The Morgan fingerprint density at radius 1 is 1.26 bits per heavy atom. The monoisotopic (exact) mass is 263 g/mol. The molecule has 0 bridgehead atoms. The lowest BCUT2D eigenvalue weighted by Crippen LogP contribution is -2.57. The lowest BCUT2D eigenvalue weighted by atomic mass is 10.1. The van der Waals surface area contributed by atoms with Crippen LogP contribution in [0.2, 0.25) is 0 Å². The zero-order chi connectivity index (χ0) is 14.0. The molecule has 0 unspecified atom stereocenters. The second-order valence-corrected chi connectivity index (χ2v) is 4.87. The van der Waals surface area contributed by atoms with Crippen molar-refractivity contribution in [1.82, 2.24) is 10.2 Å². The summed E-state index contributed by atoms with van der Waals surface area (Å²) in [6.45, 7) is 5.52. The van der Waals surface area contributed by atoms with Gasteiger partial charge in [-0.15, -0.1) is 0 Å². The second kappa shape index (κ2) is 5.36. The Bertz CT molecular complexity index is 476. The third kappa shape index (κ3) is 2.73. The summed E-state index contributed by atoms with van der Waals surface area (Å²) in [5.74, 6) is -0.0728. The van der Waals surface area contributed by atoms with E-state index in [1.165, 1.54) is 24.3 Å². The highest BCUT2D eigenvalue weighted by molar-refractivity contribution is 5.95. The molecule has 1 amide bonds. The van der Waals surface area contributed by atoms with Gasteiger partial charge >= 0.3 is 0 Å². The molecule has 0 aromatic heterocycles. The van der Waals surface area contributed by atoms with E-state index >= 15 is 0 Å². The van der Waals surface area contributed by atoms with Crippen LogP contribution in [-0.2, 0) is 0 Å². The van der Waals surface area contributed by atoms with E-state index in [9.17, 15) is 14.9 Å². The predicted octanol–water partition coefficient (Wildman–Crippen LogP) is 1.42. The van der Waals surface area contributed by atoms with Crippen molar-refractivity contribution in [2.24, 2.45) is 0 Å². The quantitative estimate of drug-likeness (QED) is 0.646. The minimum absolute atomic E-state index is 0.00189. The number of nitrogens with zero attached hydrogens (tertiary/aromatic N) is 2. The molecule has 102 valence electrons. The van der Waals surface area contributed by atoms with E-state index in [0.29, 0.717) is 5.56 Å². The average molecular weight is 263 g/mol. The summed E-state index contributed by atoms with van der Waals surface area (Å²) in [5, 5.41) is 13.9. The van der Waals surface area contributed by atoms with Gasteiger partial charge in [0.15, 0.2) is 0 Å². The largest absolute Gasteiger partial charge is 0.331 e. The van der Waals surface area contributed by atoms with Crippen LogP contribution in [0.1, 0.15) is 24.2 Å². The van der Waals surface area contributed by atoms with Gasteiger partial charge in [0.1, 0.15) is 0 Å². The number of nitro benzene ring substituents is 1. The zero-order valence-electron chi connectivity index (χ0n) is 11.0. The summed E-state index contributed by atoms with van der Waals surface area (Å²) < 4.78 is 0. The molecule has 19 heavy (non-hydrogen) atoms. The topological polar surface area (TPSA) is 75.5 Å². The van der Waals surface area contributed by atoms with Gasteiger partial charge in [0.25, 0.3) is 11.6 Å². The van der Waals surface area contributed by atoms with Crippen LogP contribution in [0.5, 0.6) is 0 Å². The van der Waals surface area contributed by atoms with Crippen molar-refractivity contribution in [3.63, 3.8) is 0 Å². The van der Waals surface area contributed by atoms with Crippen LogP contribution < -0.4 is 5.32 Å². The fraction of sp³-hybridized carbons (Fsp3) is 0.462. The fourth-order valence-corrected chi connectivity index (χ4v) is 2.41. The number of hydrogen-bond donors (Lipinski definition) is 1. The number of nitrogens with one attached hydrogen (secondary N) is 1. The first-order valence-corrected chi connectivity index (χ1v) is 6.28. The van der Waals surface area contributed by atoms with Crippen molar-refractivity contribution in [3.05, 3.63) is 39.9 Å². The number of carbonyl (C=O) groups is 1. The molecular weight excluding hydrogens is 246 g/mol. The first kappa shape index (κ1) is 13.5. The summed E-state index contributed by atoms with van der Waals surface area (Å²) in [6.07, 6.45) is 0. The molecule has 0 radical (unpaired) electrons. The summed E-state index contributed by atoms with van der Waals surface area (Å²) in [7, 11) is 0. The van der Waals surface area contributed by atoms with Crippen LogP contribution in [0.15, 0.2) is 24.3 Å². The molecule has 1 aliphatic rings. The van der Waals surface area contributed by atoms with E-state index in [2.05, 4.69) is 5.32 Å². The Morgan fingerprint density at radius 3 is 2.26 bits per heavy atom. The molecule has 2 atom stereocenters. The second-order valence-electron chi connectivity index (χ2n) is 4.87. The van der Waals surface area contributed by atoms with Crippen LogP contribution in [0.25, 0.3) is 0 Å². The van der Waals surface area contributed by atoms with Gasteiger partial charge in [0, 0.05) is 42.9 Å². The number of non-ortho nitro benzene ring substituents is 1. The highest BCUT2D eigenvalue weighted by Crippen LogP contribution is 2.17. The molecule has 6 nitrogen and oxygen atoms in total. The lowest BCUT2D eigenvalue weighted by molar-refractivity contribution is -0.384. The standard InChI is InChI=1S/C13H17N3O3/c1-9-7-14-8-10(2)15(9)13(17)11-3-5-12(6-4-11)16(18)19/h3-6,9-10,14H,7-8H2,1-2H3/t9-,10-/m1/s1. The molecule has 1 saturated heterocycles. The van der Waals surface area contributed by atoms with Crippen LogP contribution in [0.4, 0.5) is 5.69 Å². The SMILES string of the molecule is C[C@@H]1CNC[C@@H](C)N1C(=O)c1ccc([N+](=O)[O-])cc1. The van der Waals surface area contributed by atoms with Crippen LogP contribution in [0, 0.1) is 10.1 Å². The Kier molecular flexibility index (Phi) is 3.80. The van der Waals surface area contributed by atoms with Crippen molar-refractivity contribution in [3.8, 4) is 0 Å². The van der Waals surface area contributed by atoms with E-state index in [1.54, 1.807) is 0 Å². The highest BCUT2D eigenvalue weighted by atomic mass is 16.6. The number of carbonyl (C=O) groups excluding carboxylic acids is 1. The number of piperazine rings is 1. The van der Waals surface area contributed by atoms with Crippen molar-refractivity contribution in [1.29, 1.82) is 0 Å². The summed E-state index contributed by atoms with van der Waals surface area (Å²) in [6, 6.07) is 6.00. The molecule has 1 aliphatic heterocycles. The molecule has 1 heterocycles. The Labute approximate surface area is 111 Å². The van der Waals surface area contributed by atoms with Crippen molar-refractivity contribution < 1.29 is 9.72 Å². The summed E-state index contributed by atoms with van der Waals surface area (Å²) in [4.78, 5) is 24.4. The fourth-order valence-electron chi connectivity index (χ4n) is 2.41. The molecule has 2 rings (SSSR count). The van der Waals surface area contributed by atoms with Crippen LogP contribution in [0.3, 0.4) is 0 Å². The molecule has 1 N–H and O–H groups in total. The molecule has 1 fully saturated rings. The van der Waals surface area contributed by atoms with Gasteiger partial charge in [-0.05, 0) is 26.0 Å². The first-order chi connectivity index (χ1) is 9.00. The molecular formula is C13H17N3O3. The molecule has 0 aliphatic carbocycles.